The minimum absolute atomic E-state index is 0.0538. The molecule has 0 amide bonds. The summed E-state index contributed by atoms with van der Waals surface area (Å²) in [5, 5.41) is 0. The molecule has 0 bridgehead atoms. The van der Waals surface area contributed by atoms with Crippen molar-refractivity contribution in [3.63, 3.8) is 0 Å². The summed E-state index contributed by atoms with van der Waals surface area (Å²) < 4.78 is 5.71. The van der Waals surface area contributed by atoms with Gasteiger partial charge in [-0.2, -0.15) is 0 Å². The maximum absolute atomic E-state index is 13.0. The lowest BCUT2D eigenvalue weighted by atomic mass is 9.45. The van der Waals surface area contributed by atoms with Gasteiger partial charge in [0.1, 0.15) is 6.61 Å². The molecule has 0 radical (unpaired) electrons. The Bertz CT molecular complexity index is 372. The molecule has 2 atom stereocenters. The van der Waals surface area contributed by atoms with Gasteiger partial charge in [0.15, 0.2) is 0 Å². The quantitative estimate of drug-likeness (QED) is 0.587. The predicted octanol–water partition coefficient (Wildman–Crippen LogP) is 4.50. The van der Waals surface area contributed by atoms with Gasteiger partial charge >= 0.3 is 5.97 Å². The van der Waals surface area contributed by atoms with Crippen molar-refractivity contribution in [3.05, 3.63) is 0 Å². The largest absolute Gasteiger partial charge is 0.464 e. The van der Waals surface area contributed by atoms with Crippen molar-refractivity contribution in [1.82, 2.24) is 4.90 Å². The van der Waals surface area contributed by atoms with Gasteiger partial charge in [-0.25, -0.2) is 0 Å². The van der Waals surface area contributed by atoms with Gasteiger partial charge in [-0.3, -0.25) is 4.79 Å². The van der Waals surface area contributed by atoms with E-state index in [0.717, 1.165) is 45.1 Å². The second-order valence-electron chi connectivity index (χ2n) is 8.13. The highest BCUT2D eigenvalue weighted by atomic mass is 16.5. The molecule has 1 fully saturated rings. The average Bonchev–Trinajstić information content (AvgIpc) is 2.49. The third-order valence-corrected chi connectivity index (χ3v) is 6.64. The Labute approximate surface area is 137 Å². The van der Waals surface area contributed by atoms with E-state index < -0.39 is 0 Å². The van der Waals surface area contributed by atoms with Crippen molar-refractivity contribution in [1.29, 1.82) is 0 Å². The summed E-state index contributed by atoms with van der Waals surface area (Å²) in [7, 11) is 4.02. The summed E-state index contributed by atoms with van der Waals surface area (Å²) in [5.41, 5.74) is 0.0695. The van der Waals surface area contributed by atoms with E-state index in [2.05, 4.69) is 39.5 Å². The fourth-order valence-corrected chi connectivity index (χ4v) is 3.78. The molecule has 0 aliphatic heterocycles. The smallest absolute Gasteiger partial charge is 0.312 e. The Morgan fingerprint density at radius 1 is 1.18 bits per heavy atom. The molecule has 1 saturated carbocycles. The van der Waals surface area contributed by atoms with Crippen LogP contribution < -0.4 is 0 Å². The van der Waals surface area contributed by atoms with Gasteiger partial charge in [-0.1, -0.05) is 47.5 Å². The molecule has 0 N–H and O–H groups in total. The van der Waals surface area contributed by atoms with Crippen LogP contribution >= 0.6 is 0 Å². The molecule has 0 aromatic carbocycles. The summed E-state index contributed by atoms with van der Waals surface area (Å²) in [6, 6.07) is 0. The Kier molecular flexibility index (Phi) is 6.49. The number of carbonyl (C=O) groups excluding carboxylic acids is 1. The van der Waals surface area contributed by atoms with Crippen LogP contribution in [0.15, 0.2) is 0 Å². The van der Waals surface area contributed by atoms with Crippen LogP contribution in [0.1, 0.15) is 73.1 Å². The normalized spacial score (nSPS) is 28.5. The molecular weight excluding hydrogens is 274 g/mol. The predicted molar refractivity (Wildman–Crippen MR) is 92.9 cm³/mol. The maximum Gasteiger partial charge on any atom is 0.312 e. The van der Waals surface area contributed by atoms with E-state index >= 15 is 0 Å². The zero-order chi connectivity index (χ0) is 17.0. The Balaban J connectivity index is 2.92. The molecule has 22 heavy (non-hydrogen) atoms. The van der Waals surface area contributed by atoms with E-state index in [9.17, 15) is 4.79 Å². The highest BCUT2D eigenvalue weighted by Gasteiger charge is 2.62. The number of ether oxygens (including phenoxy) is 1. The van der Waals surface area contributed by atoms with Crippen molar-refractivity contribution in [2.45, 2.75) is 73.1 Å². The highest BCUT2D eigenvalue weighted by molar-refractivity contribution is 5.79. The van der Waals surface area contributed by atoms with Gasteiger partial charge < -0.3 is 9.64 Å². The molecule has 0 aromatic heterocycles. The molecule has 0 aromatic rings. The fourth-order valence-electron chi connectivity index (χ4n) is 3.78. The molecule has 3 nitrogen and oxygen atoms in total. The summed E-state index contributed by atoms with van der Waals surface area (Å²) in [4.78, 5) is 15.0. The molecular formula is C19H37NO2. The second kappa shape index (κ2) is 7.33. The minimum Gasteiger partial charge on any atom is -0.464 e. The van der Waals surface area contributed by atoms with Crippen LogP contribution in [0.4, 0.5) is 0 Å². The zero-order valence-corrected chi connectivity index (χ0v) is 15.9. The first-order valence-corrected chi connectivity index (χ1v) is 9.00. The molecule has 0 saturated heterocycles. The number of rotatable bonds is 9. The van der Waals surface area contributed by atoms with Crippen LogP contribution in [0.3, 0.4) is 0 Å². The van der Waals surface area contributed by atoms with Crippen LogP contribution in [0.5, 0.6) is 0 Å². The van der Waals surface area contributed by atoms with Crippen LogP contribution in [0.25, 0.3) is 0 Å². The SMILES string of the molecule is CCC(C)(CC)CC1(C(=O)OCCN(C)C)CCC1(C)CC. The molecule has 130 valence electrons. The van der Waals surface area contributed by atoms with Crippen LogP contribution in [-0.2, 0) is 9.53 Å². The Hall–Kier alpha value is -0.570. The van der Waals surface area contributed by atoms with E-state index in [1.807, 2.05) is 14.1 Å². The van der Waals surface area contributed by atoms with E-state index in [-0.39, 0.29) is 22.2 Å². The number of esters is 1. The summed E-state index contributed by atoms with van der Waals surface area (Å²) in [5.74, 6) is 0.0538. The van der Waals surface area contributed by atoms with Crippen LogP contribution in [0, 0.1) is 16.2 Å². The van der Waals surface area contributed by atoms with Gasteiger partial charge in [0.05, 0.1) is 5.41 Å². The summed E-state index contributed by atoms with van der Waals surface area (Å²) in [6.07, 6.45) is 6.41. The van der Waals surface area contributed by atoms with Gasteiger partial charge in [-0.15, -0.1) is 0 Å². The maximum atomic E-state index is 13.0. The van der Waals surface area contributed by atoms with Gasteiger partial charge in [-0.05, 0) is 50.6 Å². The Morgan fingerprint density at radius 3 is 2.14 bits per heavy atom. The molecule has 0 heterocycles. The van der Waals surface area contributed by atoms with Crippen LogP contribution in [0.2, 0.25) is 0 Å². The fraction of sp³-hybridized carbons (Fsp3) is 0.947. The molecule has 2 unspecified atom stereocenters. The number of nitrogens with zero attached hydrogens (tertiary/aromatic N) is 1. The number of carbonyl (C=O) groups is 1. The standard InChI is InChI=1S/C19H37NO2/c1-8-17(4,9-2)15-19(12-11-18(19,5)10-3)16(21)22-14-13-20(6)7/h8-15H2,1-7H3. The third-order valence-electron chi connectivity index (χ3n) is 6.64. The molecule has 0 spiro atoms. The van der Waals surface area contributed by atoms with Gasteiger partial charge in [0, 0.05) is 6.54 Å². The first kappa shape index (κ1) is 19.5. The molecule has 1 aliphatic rings. The minimum atomic E-state index is -0.269. The molecule has 1 aliphatic carbocycles. The van der Waals surface area contributed by atoms with E-state index in [4.69, 9.17) is 4.74 Å². The van der Waals surface area contributed by atoms with Crippen molar-refractivity contribution >= 4 is 5.97 Å². The lowest BCUT2D eigenvalue weighted by molar-refractivity contribution is -0.188. The zero-order valence-electron chi connectivity index (χ0n) is 15.9. The topological polar surface area (TPSA) is 29.5 Å². The number of hydrogen-bond acceptors (Lipinski definition) is 3. The van der Waals surface area contributed by atoms with Crippen molar-refractivity contribution < 1.29 is 9.53 Å². The monoisotopic (exact) mass is 311 g/mol. The van der Waals surface area contributed by atoms with Gasteiger partial charge in [0.25, 0.3) is 0 Å². The summed E-state index contributed by atoms with van der Waals surface area (Å²) >= 11 is 0. The average molecular weight is 312 g/mol. The first-order chi connectivity index (χ1) is 10.2. The van der Waals surface area contributed by atoms with E-state index in [0.29, 0.717) is 6.61 Å². The number of likely N-dealkylation sites (N-methyl/N-ethyl adjacent to an activating group) is 1. The Morgan fingerprint density at radius 2 is 1.77 bits per heavy atom. The molecule has 3 heteroatoms. The van der Waals surface area contributed by atoms with Crippen molar-refractivity contribution in [2.75, 3.05) is 27.2 Å². The number of hydrogen-bond donors (Lipinski definition) is 0. The highest BCUT2D eigenvalue weighted by Crippen LogP contribution is 2.64. The first-order valence-electron chi connectivity index (χ1n) is 9.00. The lowest BCUT2D eigenvalue weighted by Gasteiger charge is -2.58. The van der Waals surface area contributed by atoms with Crippen LogP contribution in [-0.4, -0.2) is 38.1 Å². The van der Waals surface area contributed by atoms with Gasteiger partial charge in [0.2, 0.25) is 0 Å². The lowest BCUT2D eigenvalue weighted by Crippen LogP contribution is -2.57. The van der Waals surface area contributed by atoms with Crippen molar-refractivity contribution in [2.24, 2.45) is 16.2 Å². The van der Waals surface area contributed by atoms with Crippen molar-refractivity contribution in [3.8, 4) is 0 Å². The molecule has 1 rings (SSSR count). The summed E-state index contributed by atoms with van der Waals surface area (Å²) in [6.45, 7) is 12.6. The third kappa shape index (κ3) is 3.67. The van der Waals surface area contributed by atoms with E-state index in [1.54, 1.807) is 0 Å². The second-order valence-corrected chi connectivity index (χ2v) is 8.13. The van der Waals surface area contributed by atoms with E-state index in [1.165, 1.54) is 0 Å².